The summed E-state index contributed by atoms with van der Waals surface area (Å²) in [5, 5.41) is 2.85. The molecule has 2 aliphatic heterocycles. The molecule has 2 aromatic rings. The molecule has 3 heterocycles. The summed E-state index contributed by atoms with van der Waals surface area (Å²) in [4.78, 5) is 21.1. The molecule has 196 valence electrons. The molecule has 0 bridgehead atoms. The van der Waals surface area contributed by atoms with E-state index in [2.05, 4.69) is 15.2 Å². The number of sulfone groups is 1. The van der Waals surface area contributed by atoms with Gasteiger partial charge >= 0.3 is 6.18 Å². The number of hydrogen-bond donors (Lipinski definition) is 1. The molecule has 36 heavy (non-hydrogen) atoms. The van der Waals surface area contributed by atoms with E-state index in [0.717, 1.165) is 36.2 Å². The lowest BCUT2D eigenvalue weighted by atomic mass is 9.96. The fourth-order valence-electron chi connectivity index (χ4n) is 4.79. The maximum Gasteiger partial charge on any atom is 0.401 e. The molecule has 0 aliphatic carbocycles. The first-order valence-corrected chi connectivity index (χ1v) is 13.8. The van der Waals surface area contributed by atoms with Crippen molar-refractivity contribution in [2.45, 2.75) is 50.5 Å². The third kappa shape index (κ3) is 6.83. The topological polar surface area (TPSA) is 82.6 Å². The molecule has 0 saturated carbocycles. The van der Waals surface area contributed by atoms with Crippen molar-refractivity contribution in [1.82, 2.24) is 20.1 Å². The summed E-state index contributed by atoms with van der Waals surface area (Å²) in [6, 6.07) is 8.32. The van der Waals surface area contributed by atoms with E-state index in [4.69, 9.17) is 0 Å². The van der Waals surface area contributed by atoms with Crippen molar-refractivity contribution in [2.24, 2.45) is 5.92 Å². The lowest BCUT2D eigenvalue weighted by Crippen LogP contribution is -2.42. The molecular weight excluding hydrogens is 493 g/mol. The van der Waals surface area contributed by atoms with Gasteiger partial charge < -0.3 is 5.32 Å². The minimum Gasteiger partial charge on any atom is -0.348 e. The van der Waals surface area contributed by atoms with Gasteiger partial charge in [0.2, 0.25) is 0 Å². The highest BCUT2D eigenvalue weighted by molar-refractivity contribution is 7.91. The number of nitrogens with zero attached hydrogens (tertiary/aromatic N) is 3. The molecular formula is C25H31F3N4O3S. The Morgan fingerprint density at radius 2 is 1.81 bits per heavy atom. The third-order valence-corrected chi connectivity index (χ3v) is 8.58. The number of aromatic nitrogens is 1. The van der Waals surface area contributed by atoms with Crippen LogP contribution in [0.1, 0.15) is 46.9 Å². The van der Waals surface area contributed by atoms with E-state index >= 15 is 0 Å². The molecule has 0 spiro atoms. The summed E-state index contributed by atoms with van der Waals surface area (Å²) in [5.41, 5.74) is 3.17. The Hall–Kier alpha value is -2.50. The van der Waals surface area contributed by atoms with E-state index in [1.165, 1.54) is 4.90 Å². The molecule has 7 nitrogen and oxygen atoms in total. The lowest BCUT2D eigenvalue weighted by molar-refractivity contribution is -0.148. The zero-order valence-electron chi connectivity index (χ0n) is 20.2. The second kappa shape index (κ2) is 10.9. The fraction of sp³-hybridized carbons (Fsp3) is 0.520. The number of nitrogens with one attached hydrogen (secondary N) is 1. The average molecular weight is 525 g/mol. The first-order valence-electron chi connectivity index (χ1n) is 12.1. The van der Waals surface area contributed by atoms with Crippen LogP contribution in [-0.4, -0.2) is 67.2 Å². The Kier molecular flexibility index (Phi) is 8.01. The van der Waals surface area contributed by atoms with Crippen LogP contribution in [0.15, 0.2) is 41.4 Å². The number of piperidine rings is 1. The van der Waals surface area contributed by atoms with Crippen LogP contribution in [-0.2, 0) is 29.5 Å². The Balaban J connectivity index is 1.26. The van der Waals surface area contributed by atoms with Crippen LogP contribution < -0.4 is 5.32 Å². The van der Waals surface area contributed by atoms with Crippen molar-refractivity contribution < 1.29 is 26.4 Å². The number of carbonyl (C=O) groups excluding carboxylic acids is 1. The molecule has 11 heteroatoms. The monoisotopic (exact) mass is 524 g/mol. The van der Waals surface area contributed by atoms with Crippen LogP contribution in [0.5, 0.6) is 0 Å². The SMILES string of the molecule is CCS(=O)(=O)c1ccc(CNC(=O)c2cnc3c(c2)CN(CC2CCN(CC(F)(F)F)CC2)C3)cc1. The van der Waals surface area contributed by atoms with Gasteiger partial charge in [-0.15, -0.1) is 0 Å². The Bertz CT molecular complexity index is 1180. The molecule has 1 aromatic carbocycles. The van der Waals surface area contributed by atoms with Gasteiger partial charge in [0.05, 0.1) is 28.5 Å². The van der Waals surface area contributed by atoms with Crippen LogP contribution in [0, 0.1) is 5.92 Å². The molecule has 0 radical (unpaired) electrons. The third-order valence-electron chi connectivity index (χ3n) is 6.83. The van der Waals surface area contributed by atoms with Gasteiger partial charge in [0.25, 0.3) is 5.91 Å². The number of fused-ring (bicyclic) bond motifs is 1. The molecule has 2 aliphatic rings. The lowest BCUT2D eigenvalue weighted by Gasteiger charge is -2.34. The van der Waals surface area contributed by atoms with Gasteiger partial charge in [-0.1, -0.05) is 19.1 Å². The van der Waals surface area contributed by atoms with E-state index < -0.39 is 22.6 Å². The van der Waals surface area contributed by atoms with E-state index in [1.807, 2.05) is 6.07 Å². The number of hydrogen-bond acceptors (Lipinski definition) is 6. The molecule has 0 atom stereocenters. The van der Waals surface area contributed by atoms with E-state index in [-0.39, 0.29) is 23.1 Å². The summed E-state index contributed by atoms with van der Waals surface area (Å²) in [6.45, 7) is 4.10. The molecule has 1 N–H and O–H groups in total. The number of pyridine rings is 1. The maximum atomic E-state index is 12.7. The van der Waals surface area contributed by atoms with Crippen molar-refractivity contribution in [1.29, 1.82) is 0 Å². The van der Waals surface area contributed by atoms with Crippen molar-refractivity contribution in [3.05, 3.63) is 58.9 Å². The van der Waals surface area contributed by atoms with Crippen LogP contribution in [0.3, 0.4) is 0 Å². The van der Waals surface area contributed by atoms with E-state index in [1.54, 1.807) is 37.4 Å². The van der Waals surface area contributed by atoms with Crippen LogP contribution in [0.25, 0.3) is 0 Å². The predicted molar refractivity (Wildman–Crippen MR) is 129 cm³/mol. The number of alkyl halides is 3. The van der Waals surface area contributed by atoms with E-state index in [0.29, 0.717) is 37.7 Å². The number of amides is 1. The van der Waals surface area contributed by atoms with Crippen molar-refractivity contribution in [3.63, 3.8) is 0 Å². The quantitative estimate of drug-likeness (QED) is 0.570. The van der Waals surface area contributed by atoms with Crippen molar-refractivity contribution >= 4 is 15.7 Å². The fourth-order valence-corrected chi connectivity index (χ4v) is 5.68. The first-order chi connectivity index (χ1) is 17.0. The Morgan fingerprint density at radius 1 is 1.11 bits per heavy atom. The standard InChI is InChI=1S/C25H31F3N4O3S/c1-2-36(34,35)22-5-3-18(4-6-22)12-30-24(33)20-11-21-15-32(16-23(21)29-13-20)14-19-7-9-31(10-8-19)17-25(26,27)28/h3-6,11,13,19H,2,7-10,12,14-17H2,1H3,(H,30,33). The van der Waals surface area contributed by atoms with Gasteiger partial charge in [0, 0.05) is 32.4 Å². The van der Waals surface area contributed by atoms with E-state index in [9.17, 15) is 26.4 Å². The maximum absolute atomic E-state index is 12.7. The number of benzene rings is 1. The smallest absolute Gasteiger partial charge is 0.348 e. The normalized spacial score (nSPS) is 17.8. The molecule has 1 aromatic heterocycles. The number of rotatable bonds is 8. The summed E-state index contributed by atoms with van der Waals surface area (Å²) in [6.07, 6.45) is -1.10. The second-order valence-electron chi connectivity index (χ2n) is 9.56. The molecule has 1 fully saturated rings. The van der Waals surface area contributed by atoms with Crippen LogP contribution in [0.2, 0.25) is 0 Å². The highest BCUT2D eigenvalue weighted by Crippen LogP contribution is 2.27. The van der Waals surface area contributed by atoms with Gasteiger partial charge in [-0.2, -0.15) is 13.2 Å². The average Bonchev–Trinajstić information content (AvgIpc) is 3.24. The van der Waals surface area contributed by atoms with Gasteiger partial charge in [-0.05, 0) is 61.2 Å². The minimum absolute atomic E-state index is 0.0348. The van der Waals surface area contributed by atoms with Crippen molar-refractivity contribution in [2.75, 3.05) is 31.9 Å². The number of likely N-dealkylation sites (tertiary alicyclic amines) is 1. The summed E-state index contributed by atoms with van der Waals surface area (Å²) in [7, 11) is -3.26. The van der Waals surface area contributed by atoms with Gasteiger partial charge in [0.15, 0.2) is 9.84 Å². The van der Waals surface area contributed by atoms with Gasteiger partial charge in [0.1, 0.15) is 0 Å². The second-order valence-corrected chi connectivity index (χ2v) is 11.8. The zero-order chi connectivity index (χ0) is 25.9. The van der Waals surface area contributed by atoms with Crippen LogP contribution in [0.4, 0.5) is 13.2 Å². The zero-order valence-corrected chi connectivity index (χ0v) is 21.0. The first kappa shape index (κ1) is 26.6. The van der Waals surface area contributed by atoms with Crippen LogP contribution >= 0.6 is 0 Å². The summed E-state index contributed by atoms with van der Waals surface area (Å²) >= 11 is 0. The number of carbonyl (C=O) groups is 1. The Morgan fingerprint density at radius 3 is 2.44 bits per heavy atom. The Labute approximate surface area is 209 Å². The van der Waals surface area contributed by atoms with Gasteiger partial charge in [-0.3, -0.25) is 19.6 Å². The highest BCUT2D eigenvalue weighted by Gasteiger charge is 2.33. The summed E-state index contributed by atoms with van der Waals surface area (Å²) < 4.78 is 61.7. The molecule has 0 unspecified atom stereocenters. The minimum atomic E-state index is -4.15. The predicted octanol–water partition coefficient (Wildman–Crippen LogP) is 3.40. The molecule has 1 saturated heterocycles. The highest BCUT2D eigenvalue weighted by atomic mass is 32.2. The van der Waals surface area contributed by atoms with Crippen molar-refractivity contribution in [3.8, 4) is 0 Å². The molecule has 4 rings (SSSR count). The largest absolute Gasteiger partial charge is 0.401 e. The summed E-state index contributed by atoms with van der Waals surface area (Å²) in [5.74, 6) is 0.129. The molecule has 1 amide bonds. The number of halogens is 3. The van der Waals surface area contributed by atoms with Gasteiger partial charge in [-0.25, -0.2) is 8.42 Å².